The maximum Gasteiger partial charge on any atom is 0.272 e. The Hall–Kier alpha value is -3.06. The summed E-state index contributed by atoms with van der Waals surface area (Å²) in [5, 5.41) is 6.82. The third kappa shape index (κ3) is 3.53. The van der Waals surface area contributed by atoms with Crippen LogP contribution in [0.3, 0.4) is 0 Å². The molecule has 0 N–H and O–H groups in total. The molecule has 4 aromatic heterocycles. The van der Waals surface area contributed by atoms with E-state index in [1.54, 1.807) is 17.4 Å². The van der Waals surface area contributed by atoms with Gasteiger partial charge in [-0.2, -0.15) is 5.10 Å². The normalized spacial score (nSPS) is 17.0. The fraction of sp³-hybridized carbons (Fsp3) is 0.273. The number of hydrogen-bond donors (Lipinski definition) is 0. The average molecular weight is 404 g/mol. The van der Waals surface area contributed by atoms with Gasteiger partial charge >= 0.3 is 0 Å². The summed E-state index contributed by atoms with van der Waals surface area (Å²) in [7, 11) is 0. The van der Waals surface area contributed by atoms with Crippen molar-refractivity contribution >= 4 is 22.9 Å². The van der Waals surface area contributed by atoms with Crippen molar-refractivity contribution in [2.75, 3.05) is 13.1 Å². The molecule has 1 saturated heterocycles. The summed E-state index contributed by atoms with van der Waals surface area (Å²) in [4.78, 5) is 25.1. The Morgan fingerprint density at radius 1 is 1.14 bits per heavy atom. The first-order chi connectivity index (χ1) is 14.2. The van der Waals surface area contributed by atoms with Gasteiger partial charge in [-0.3, -0.25) is 4.79 Å². The van der Waals surface area contributed by atoms with Crippen LogP contribution in [0, 0.1) is 6.92 Å². The molecule has 0 unspecified atom stereocenters. The lowest BCUT2D eigenvalue weighted by molar-refractivity contribution is 0.0698. The van der Waals surface area contributed by atoms with Gasteiger partial charge in [0.2, 0.25) is 0 Å². The van der Waals surface area contributed by atoms with Crippen molar-refractivity contribution in [2.24, 2.45) is 0 Å². The van der Waals surface area contributed by atoms with Crippen molar-refractivity contribution in [3.63, 3.8) is 0 Å². The van der Waals surface area contributed by atoms with Gasteiger partial charge in [-0.1, -0.05) is 12.1 Å². The van der Waals surface area contributed by atoms with E-state index in [2.05, 4.69) is 22.5 Å². The molecule has 29 heavy (non-hydrogen) atoms. The van der Waals surface area contributed by atoms with Crippen molar-refractivity contribution in [1.82, 2.24) is 24.5 Å². The summed E-state index contributed by atoms with van der Waals surface area (Å²) in [6, 6.07) is 13.8. The van der Waals surface area contributed by atoms with E-state index in [1.165, 1.54) is 4.88 Å². The van der Waals surface area contributed by atoms with E-state index in [0.717, 1.165) is 42.1 Å². The van der Waals surface area contributed by atoms with Gasteiger partial charge in [-0.05, 0) is 55.5 Å². The zero-order chi connectivity index (χ0) is 19.8. The molecule has 7 heteroatoms. The lowest BCUT2D eigenvalue weighted by Gasteiger charge is -2.31. The molecule has 1 aliphatic heterocycles. The van der Waals surface area contributed by atoms with Crippen molar-refractivity contribution in [1.29, 1.82) is 0 Å². The van der Waals surface area contributed by atoms with Gasteiger partial charge in [0.15, 0.2) is 11.5 Å². The highest BCUT2D eigenvalue weighted by molar-refractivity contribution is 7.13. The number of aryl methyl sites for hydroxylation is 1. The maximum atomic E-state index is 12.9. The van der Waals surface area contributed by atoms with Crippen LogP contribution in [-0.2, 0) is 0 Å². The van der Waals surface area contributed by atoms with Gasteiger partial charge < -0.3 is 4.90 Å². The number of thiophene rings is 1. The molecule has 0 bridgehead atoms. The van der Waals surface area contributed by atoms with Gasteiger partial charge in [0, 0.05) is 41.3 Å². The zero-order valence-corrected chi connectivity index (χ0v) is 17.0. The summed E-state index contributed by atoms with van der Waals surface area (Å²) in [5.74, 6) is 0.938. The molecule has 1 atom stereocenters. The lowest BCUT2D eigenvalue weighted by Crippen LogP contribution is -2.39. The first kappa shape index (κ1) is 18.0. The van der Waals surface area contributed by atoms with Crippen molar-refractivity contribution < 1.29 is 4.79 Å². The Balaban J connectivity index is 1.39. The van der Waals surface area contributed by atoms with Gasteiger partial charge in [-0.15, -0.1) is 11.3 Å². The predicted molar refractivity (Wildman–Crippen MR) is 113 cm³/mol. The predicted octanol–water partition coefficient (Wildman–Crippen LogP) is 4.18. The van der Waals surface area contributed by atoms with Crippen molar-refractivity contribution in [3.8, 4) is 10.4 Å². The number of nitrogens with zero attached hydrogens (tertiary/aromatic N) is 5. The van der Waals surface area contributed by atoms with Crippen LogP contribution >= 0.6 is 11.3 Å². The van der Waals surface area contributed by atoms with Crippen LogP contribution < -0.4 is 0 Å². The summed E-state index contributed by atoms with van der Waals surface area (Å²) < 4.78 is 1.85. The molecule has 0 radical (unpaired) electrons. The monoisotopic (exact) mass is 403 g/mol. The average Bonchev–Trinajstić information content (AvgIpc) is 3.42. The number of piperidine rings is 1. The van der Waals surface area contributed by atoms with Crippen LogP contribution in [0.1, 0.15) is 40.8 Å². The second-order valence-electron chi connectivity index (χ2n) is 7.42. The summed E-state index contributed by atoms with van der Waals surface area (Å²) in [6.07, 6.45) is 3.96. The number of amides is 1. The number of fused-ring (bicyclic) bond motifs is 1. The van der Waals surface area contributed by atoms with E-state index in [0.29, 0.717) is 12.2 Å². The number of rotatable bonds is 3. The Morgan fingerprint density at radius 3 is 2.90 bits per heavy atom. The van der Waals surface area contributed by atoms with Crippen LogP contribution in [0.2, 0.25) is 0 Å². The van der Waals surface area contributed by atoms with Crippen LogP contribution in [0.4, 0.5) is 0 Å². The lowest BCUT2D eigenvalue weighted by atomic mass is 9.97. The smallest absolute Gasteiger partial charge is 0.272 e. The SMILES string of the molecule is Cc1cccc(C(=O)N2CCC[C@H](c3nc4ccc(-c5cccs5)cn4n3)C2)n1. The van der Waals surface area contributed by atoms with Gasteiger partial charge in [0.1, 0.15) is 5.69 Å². The number of carbonyl (C=O) groups is 1. The minimum Gasteiger partial charge on any atom is -0.337 e. The van der Waals surface area contributed by atoms with E-state index < -0.39 is 0 Å². The van der Waals surface area contributed by atoms with E-state index in [9.17, 15) is 4.79 Å². The highest BCUT2D eigenvalue weighted by Gasteiger charge is 2.28. The van der Waals surface area contributed by atoms with Gasteiger partial charge in [-0.25, -0.2) is 14.5 Å². The fourth-order valence-electron chi connectivity index (χ4n) is 3.86. The van der Waals surface area contributed by atoms with Crippen LogP contribution in [-0.4, -0.2) is 43.5 Å². The number of likely N-dealkylation sites (tertiary alicyclic amines) is 1. The molecule has 0 aliphatic carbocycles. The molecule has 6 nitrogen and oxygen atoms in total. The van der Waals surface area contributed by atoms with Crippen LogP contribution in [0.15, 0.2) is 54.0 Å². The molecule has 0 aromatic carbocycles. The standard InChI is InChI=1S/C22H21N5OS/c1-15-5-2-7-18(23-15)22(28)26-11-3-6-17(13-26)21-24-20-10-9-16(14-27(20)25-21)19-8-4-12-29-19/h2,4-5,7-10,12,14,17H,3,6,11,13H2,1H3/t17-/m0/s1. The van der Waals surface area contributed by atoms with Crippen molar-refractivity contribution in [3.05, 3.63) is 71.3 Å². The molecular formula is C22H21N5OS. The molecule has 146 valence electrons. The fourth-order valence-corrected chi connectivity index (χ4v) is 4.58. The quantitative estimate of drug-likeness (QED) is 0.515. The van der Waals surface area contributed by atoms with E-state index in [1.807, 2.05) is 46.8 Å². The number of carbonyl (C=O) groups excluding carboxylic acids is 1. The molecular weight excluding hydrogens is 382 g/mol. The number of aromatic nitrogens is 4. The first-order valence-corrected chi connectivity index (χ1v) is 10.7. The minimum absolute atomic E-state index is 0.0119. The highest BCUT2D eigenvalue weighted by atomic mass is 32.1. The Labute approximate surface area is 172 Å². The molecule has 4 aromatic rings. The highest BCUT2D eigenvalue weighted by Crippen LogP contribution is 2.28. The van der Waals surface area contributed by atoms with E-state index in [4.69, 9.17) is 10.1 Å². The molecule has 1 aliphatic rings. The summed E-state index contributed by atoms with van der Waals surface area (Å²) in [6.45, 7) is 3.28. The van der Waals surface area contributed by atoms with Crippen molar-refractivity contribution in [2.45, 2.75) is 25.7 Å². The molecule has 1 amide bonds. The Kier molecular flexibility index (Phi) is 4.60. The Bertz CT molecular complexity index is 1170. The Morgan fingerprint density at radius 2 is 2.07 bits per heavy atom. The summed E-state index contributed by atoms with van der Waals surface area (Å²) in [5.41, 5.74) is 3.33. The third-order valence-corrected chi connectivity index (χ3v) is 6.25. The molecule has 0 spiro atoms. The van der Waals surface area contributed by atoms with E-state index in [-0.39, 0.29) is 11.8 Å². The van der Waals surface area contributed by atoms with Gasteiger partial charge in [0.05, 0.1) is 0 Å². The zero-order valence-electron chi connectivity index (χ0n) is 16.2. The minimum atomic E-state index is -0.0119. The molecule has 1 fully saturated rings. The van der Waals surface area contributed by atoms with Crippen LogP contribution in [0.25, 0.3) is 16.1 Å². The van der Waals surface area contributed by atoms with Gasteiger partial charge in [0.25, 0.3) is 5.91 Å². The second kappa shape index (κ2) is 7.40. The first-order valence-electron chi connectivity index (χ1n) is 9.80. The van der Waals surface area contributed by atoms with Crippen LogP contribution in [0.5, 0.6) is 0 Å². The maximum absolute atomic E-state index is 12.9. The number of hydrogen-bond acceptors (Lipinski definition) is 5. The topological polar surface area (TPSA) is 63.4 Å². The second-order valence-corrected chi connectivity index (χ2v) is 8.37. The summed E-state index contributed by atoms with van der Waals surface area (Å²) >= 11 is 1.71. The largest absolute Gasteiger partial charge is 0.337 e. The third-order valence-electron chi connectivity index (χ3n) is 5.33. The number of pyridine rings is 2. The molecule has 0 saturated carbocycles. The molecule has 5 heterocycles. The molecule has 5 rings (SSSR count). The van der Waals surface area contributed by atoms with E-state index >= 15 is 0 Å².